The van der Waals surface area contributed by atoms with Crippen molar-refractivity contribution in [1.29, 1.82) is 0 Å². The summed E-state index contributed by atoms with van der Waals surface area (Å²) in [5, 5.41) is 4.29. The number of halogens is 1. The number of imidazole rings is 1. The van der Waals surface area contributed by atoms with Crippen molar-refractivity contribution >= 4 is 23.1 Å². The highest BCUT2D eigenvalue weighted by molar-refractivity contribution is 6.33. The third-order valence-corrected chi connectivity index (χ3v) is 3.79. The van der Waals surface area contributed by atoms with E-state index >= 15 is 0 Å². The van der Waals surface area contributed by atoms with E-state index in [2.05, 4.69) is 43.5 Å². The van der Waals surface area contributed by atoms with Gasteiger partial charge in [0.05, 0.1) is 5.02 Å². The molecule has 0 aliphatic carbocycles. The highest BCUT2D eigenvalue weighted by atomic mass is 35.5. The summed E-state index contributed by atoms with van der Waals surface area (Å²) < 4.78 is 2.14. The first kappa shape index (κ1) is 14.9. The number of pyridine rings is 1. The minimum absolute atomic E-state index is 0.0751. The number of fused-ring (bicyclic) bond motifs is 1. The normalized spacial score (nSPS) is 11.9. The summed E-state index contributed by atoms with van der Waals surface area (Å²) in [5.41, 5.74) is 3.81. The van der Waals surface area contributed by atoms with E-state index in [-0.39, 0.29) is 5.54 Å². The summed E-state index contributed by atoms with van der Waals surface area (Å²) in [5.74, 6) is 0.980. The first-order valence-electron chi connectivity index (χ1n) is 7.38. The fourth-order valence-corrected chi connectivity index (χ4v) is 2.79. The molecule has 0 radical (unpaired) electrons. The third kappa shape index (κ3) is 2.69. The van der Waals surface area contributed by atoms with Gasteiger partial charge in [-0.3, -0.25) is 4.40 Å². The van der Waals surface area contributed by atoms with Gasteiger partial charge in [-0.15, -0.1) is 0 Å². The minimum Gasteiger partial charge on any atom is -0.365 e. The Morgan fingerprint density at radius 1 is 1.05 bits per heavy atom. The molecule has 22 heavy (non-hydrogen) atoms. The number of rotatable bonds is 2. The predicted molar refractivity (Wildman–Crippen MR) is 93.8 cm³/mol. The molecule has 0 spiro atoms. The Kier molecular flexibility index (Phi) is 3.61. The van der Waals surface area contributed by atoms with Crippen molar-refractivity contribution in [2.75, 3.05) is 5.32 Å². The Balaban J connectivity index is 2.32. The molecule has 0 amide bonds. The van der Waals surface area contributed by atoms with Gasteiger partial charge in [-0.2, -0.15) is 0 Å². The molecule has 3 rings (SSSR count). The van der Waals surface area contributed by atoms with Crippen LogP contribution < -0.4 is 5.32 Å². The molecule has 114 valence electrons. The topological polar surface area (TPSA) is 29.3 Å². The van der Waals surface area contributed by atoms with Gasteiger partial charge in [-0.1, -0.05) is 35.9 Å². The van der Waals surface area contributed by atoms with Gasteiger partial charge < -0.3 is 5.32 Å². The number of aromatic nitrogens is 2. The summed E-state index contributed by atoms with van der Waals surface area (Å²) >= 11 is 6.39. The van der Waals surface area contributed by atoms with Crippen LogP contribution in [0.3, 0.4) is 0 Å². The van der Waals surface area contributed by atoms with E-state index in [4.69, 9.17) is 16.6 Å². The maximum Gasteiger partial charge on any atom is 0.139 e. The Hall–Kier alpha value is -2.00. The van der Waals surface area contributed by atoms with Crippen LogP contribution >= 0.6 is 11.6 Å². The Bertz CT molecular complexity index is 828. The minimum atomic E-state index is -0.0751. The average Bonchev–Trinajstić information content (AvgIpc) is 2.77. The van der Waals surface area contributed by atoms with Crippen LogP contribution in [0.2, 0.25) is 5.02 Å². The molecule has 1 aromatic carbocycles. The van der Waals surface area contributed by atoms with E-state index in [0.29, 0.717) is 5.02 Å². The molecule has 0 saturated heterocycles. The van der Waals surface area contributed by atoms with Crippen LogP contribution in [0.4, 0.5) is 5.82 Å². The summed E-state index contributed by atoms with van der Waals surface area (Å²) in [6.07, 6.45) is 0. The second kappa shape index (κ2) is 5.33. The molecular formula is C18H20ClN3. The van der Waals surface area contributed by atoms with Crippen molar-refractivity contribution in [2.45, 2.75) is 33.2 Å². The highest BCUT2D eigenvalue weighted by Gasteiger charge is 2.21. The second-order valence-corrected chi connectivity index (χ2v) is 6.93. The molecule has 0 aliphatic heterocycles. The molecule has 3 nitrogen and oxygen atoms in total. The Labute approximate surface area is 136 Å². The van der Waals surface area contributed by atoms with Crippen molar-refractivity contribution in [3.63, 3.8) is 0 Å². The smallest absolute Gasteiger partial charge is 0.139 e. The maximum atomic E-state index is 6.39. The van der Waals surface area contributed by atoms with Crippen LogP contribution in [0.15, 0.2) is 42.5 Å². The van der Waals surface area contributed by atoms with Crippen molar-refractivity contribution in [2.24, 2.45) is 0 Å². The third-order valence-electron chi connectivity index (χ3n) is 3.46. The van der Waals surface area contributed by atoms with Gasteiger partial charge in [0.1, 0.15) is 17.2 Å². The average molecular weight is 314 g/mol. The van der Waals surface area contributed by atoms with Crippen LogP contribution in [-0.2, 0) is 0 Å². The van der Waals surface area contributed by atoms with E-state index in [0.717, 1.165) is 28.4 Å². The van der Waals surface area contributed by atoms with Crippen molar-refractivity contribution in [3.8, 4) is 11.3 Å². The molecule has 4 heteroatoms. The molecule has 0 bridgehead atoms. The van der Waals surface area contributed by atoms with Gasteiger partial charge in [0.2, 0.25) is 0 Å². The predicted octanol–water partition coefficient (Wildman–Crippen LogP) is 5.17. The highest BCUT2D eigenvalue weighted by Crippen LogP contribution is 2.35. The molecule has 0 unspecified atom stereocenters. The van der Waals surface area contributed by atoms with E-state index in [9.17, 15) is 0 Å². The Morgan fingerprint density at radius 2 is 1.77 bits per heavy atom. The second-order valence-electron chi connectivity index (χ2n) is 6.52. The van der Waals surface area contributed by atoms with Gasteiger partial charge in [-0.05, 0) is 45.9 Å². The van der Waals surface area contributed by atoms with Crippen LogP contribution in [-0.4, -0.2) is 14.9 Å². The van der Waals surface area contributed by atoms with Crippen molar-refractivity contribution < 1.29 is 0 Å². The van der Waals surface area contributed by atoms with Gasteiger partial charge in [-0.25, -0.2) is 4.98 Å². The lowest BCUT2D eigenvalue weighted by Crippen LogP contribution is -2.27. The fourth-order valence-electron chi connectivity index (χ4n) is 2.57. The number of benzene rings is 1. The lowest BCUT2D eigenvalue weighted by molar-refractivity contribution is 0.629. The monoisotopic (exact) mass is 313 g/mol. The number of aryl methyl sites for hydroxylation is 1. The SMILES string of the molecule is Cc1cccc2nc(-c3ccccc3Cl)c(NC(C)(C)C)n12. The zero-order valence-corrected chi connectivity index (χ0v) is 14.1. The maximum absolute atomic E-state index is 6.39. The van der Waals surface area contributed by atoms with Gasteiger partial charge in [0, 0.05) is 16.8 Å². The van der Waals surface area contributed by atoms with Crippen molar-refractivity contribution in [1.82, 2.24) is 9.38 Å². The molecular weight excluding hydrogens is 294 g/mol. The van der Waals surface area contributed by atoms with Gasteiger partial charge >= 0.3 is 0 Å². The zero-order valence-electron chi connectivity index (χ0n) is 13.3. The van der Waals surface area contributed by atoms with E-state index in [1.54, 1.807) is 0 Å². The van der Waals surface area contributed by atoms with Crippen LogP contribution in [0, 0.1) is 6.92 Å². The number of nitrogens with one attached hydrogen (secondary N) is 1. The Morgan fingerprint density at radius 3 is 2.45 bits per heavy atom. The van der Waals surface area contributed by atoms with E-state index in [1.807, 2.05) is 36.4 Å². The zero-order chi connectivity index (χ0) is 15.9. The van der Waals surface area contributed by atoms with Gasteiger partial charge in [0.15, 0.2) is 0 Å². The van der Waals surface area contributed by atoms with Gasteiger partial charge in [0.25, 0.3) is 0 Å². The van der Waals surface area contributed by atoms with Crippen LogP contribution in [0.5, 0.6) is 0 Å². The molecule has 0 fully saturated rings. The summed E-state index contributed by atoms with van der Waals surface area (Å²) in [6.45, 7) is 8.50. The van der Waals surface area contributed by atoms with Crippen LogP contribution in [0.25, 0.3) is 16.9 Å². The summed E-state index contributed by atoms with van der Waals surface area (Å²) in [6, 6.07) is 13.9. The fraction of sp³-hybridized carbons (Fsp3) is 0.278. The molecule has 3 aromatic rings. The summed E-state index contributed by atoms with van der Waals surface area (Å²) in [4.78, 5) is 4.80. The number of hydrogen-bond donors (Lipinski definition) is 1. The largest absolute Gasteiger partial charge is 0.365 e. The first-order valence-corrected chi connectivity index (χ1v) is 7.76. The number of anilines is 1. The first-order chi connectivity index (χ1) is 10.4. The molecule has 0 aliphatic rings. The molecule has 2 heterocycles. The lowest BCUT2D eigenvalue weighted by Gasteiger charge is -2.23. The van der Waals surface area contributed by atoms with Crippen molar-refractivity contribution in [3.05, 3.63) is 53.2 Å². The lowest BCUT2D eigenvalue weighted by atomic mass is 10.1. The molecule has 0 atom stereocenters. The standard InChI is InChI=1S/C18H20ClN3/c1-12-8-7-11-15-20-16(13-9-5-6-10-14(13)19)17(22(12)15)21-18(2,3)4/h5-11,21H,1-4H3. The number of nitrogens with zero attached hydrogens (tertiary/aromatic N) is 2. The number of hydrogen-bond acceptors (Lipinski definition) is 2. The summed E-state index contributed by atoms with van der Waals surface area (Å²) in [7, 11) is 0. The molecule has 1 N–H and O–H groups in total. The quantitative estimate of drug-likeness (QED) is 0.707. The molecule has 2 aromatic heterocycles. The van der Waals surface area contributed by atoms with Crippen LogP contribution in [0.1, 0.15) is 26.5 Å². The molecule has 0 saturated carbocycles. The van der Waals surface area contributed by atoms with E-state index in [1.165, 1.54) is 0 Å². The van der Waals surface area contributed by atoms with E-state index < -0.39 is 0 Å².